The largest absolute Gasteiger partial charge is 0.492 e. The maximum atomic E-state index is 13.2. The van der Waals surface area contributed by atoms with Gasteiger partial charge in [-0.25, -0.2) is 0 Å². The van der Waals surface area contributed by atoms with Gasteiger partial charge in [0.15, 0.2) is 0 Å². The van der Waals surface area contributed by atoms with E-state index in [1.54, 1.807) is 0 Å². The van der Waals surface area contributed by atoms with Gasteiger partial charge in [-0.15, -0.1) is 0 Å². The summed E-state index contributed by atoms with van der Waals surface area (Å²) in [6.07, 6.45) is 2.83. The highest BCUT2D eigenvalue weighted by atomic mass is 35.5. The van der Waals surface area contributed by atoms with E-state index in [-0.39, 0.29) is 5.41 Å². The molecule has 2 aliphatic heterocycles. The van der Waals surface area contributed by atoms with Crippen LogP contribution in [0.2, 0.25) is 5.02 Å². The molecule has 0 saturated carbocycles. The lowest BCUT2D eigenvalue weighted by Gasteiger charge is -2.38. The van der Waals surface area contributed by atoms with Crippen molar-refractivity contribution in [3.05, 3.63) is 59.1 Å². The molecule has 0 aliphatic carbocycles. The standard InChI is InChI=1S/C23H27ClN2O2/c1-2-28-21-16-18(8-9-20(21)24)17-25-13-10-23(11-14-25)12-15-26(22(23)27)19-6-4-3-5-7-19/h3-9,16H,2,10-15,17H2,1H3. The van der Waals surface area contributed by atoms with E-state index in [0.717, 1.165) is 56.9 Å². The third-order valence-electron chi connectivity index (χ3n) is 6.10. The van der Waals surface area contributed by atoms with Crippen molar-refractivity contribution in [3.8, 4) is 5.75 Å². The second-order valence-electron chi connectivity index (χ2n) is 7.80. The quantitative estimate of drug-likeness (QED) is 0.728. The first-order valence-corrected chi connectivity index (χ1v) is 10.5. The normalized spacial score (nSPS) is 19.4. The van der Waals surface area contributed by atoms with E-state index in [0.29, 0.717) is 17.5 Å². The highest BCUT2D eigenvalue weighted by molar-refractivity contribution is 6.32. The third-order valence-corrected chi connectivity index (χ3v) is 6.41. The molecule has 2 aromatic carbocycles. The summed E-state index contributed by atoms with van der Waals surface area (Å²) in [5.41, 5.74) is 2.05. The van der Waals surface area contributed by atoms with Crippen molar-refractivity contribution in [2.45, 2.75) is 32.7 Å². The van der Waals surface area contributed by atoms with Crippen LogP contribution in [0.15, 0.2) is 48.5 Å². The first-order valence-electron chi connectivity index (χ1n) is 10.1. The molecule has 2 aromatic rings. The number of halogens is 1. The molecule has 2 aliphatic rings. The molecule has 5 heteroatoms. The fourth-order valence-electron chi connectivity index (χ4n) is 4.45. The molecular weight excluding hydrogens is 372 g/mol. The summed E-state index contributed by atoms with van der Waals surface area (Å²) in [6.45, 7) is 6.16. The molecule has 2 heterocycles. The number of benzene rings is 2. The van der Waals surface area contributed by atoms with Crippen molar-refractivity contribution in [2.24, 2.45) is 5.41 Å². The molecule has 2 saturated heterocycles. The molecule has 148 valence electrons. The summed E-state index contributed by atoms with van der Waals surface area (Å²) in [4.78, 5) is 17.6. The highest BCUT2D eigenvalue weighted by Crippen LogP contribution is 2.43. The Morgan fingerprint density at radius 2 is 1.75 bits per heavy atom. The summed E-state index contributed by atoms with van der Waals surface area (Å²) in [6, 6.07) is 16.1. The molecule has 4 nitrogen and oxygen atoms in total. The zero-order valence-electron chi connectivity index (χ0n) is 16.4. The van der Waals surface area contributed by atoms with E-state index in [2.05, 4.69) is 11.0 Å². The van der Waals surface area contributed by atoms with Crippen LogP contribution in [-0.2, 0) is 11.3 Å². The van der Waals surface area contributed by atoms with Crippen LogP contribution in [-0.4, -0.2) is 37.0 Å². The Hall–Kier alpha value is -2.04. The van der Waals surface area contributed by atoms with Gasteiger partial charge in [-0.2, -0.15) is 0 Å². The van der Waals surface area contributed by atoms with Crippen molar-refractivity contribution >= 4 is 23.2 Å². The minimum Gasteiger partial charge on any atom is -0.492 e. The molecule has 0 N–H and O–H groups in total. The molecule has 0 aromatic heterocycles. The van der Waals surface area contributed by atoms with Crippen LogP contribution in [0.1, 0.15) is 31.7 Å². The van der Waals surface area contributed by atoms with Crippen LogP contribution in [0.25, 0.3) is 0 Å². The van der Waals surface area contributed by atoms with E-state index >= 15 is 0 Å². The van der Waals surface area contributed by atoms with Gasteiger partial charge in [0.25, 0.3) is 0 Å². The Bertz CT molecular complexity index is 832. The van der Waals surface area contributed by atoms with Gasteiger partial charge in [-0.05, 0) is 69.1 Å². The van der Waals surface area contributed by atoms with Crippen LogP contribution in [0.5, 0.6) is 5.75 Å². The Morgan fingerprint density at radius 3 is 2.46 bits per heavy atom. The van der Waals surface area contributed by atoms with Gasteiger partial charge in [0.1, 0.15) is 5.75 Å². The minimum absolute atomic E-state index is 0.178. The number of anilines is 1. The van der Waals surface area contributed by atoms with Crippen molar-refractivity contribution in [2.75, 3.05) is 31.1 Å². The summed E-state index contributed by atoms with van der Waals surface area (Å²) in [5, 5.41) is 0.653. The van der Waals surface area contributed by atoms with E-state index < -0.39 is 0 Å². The molecule has 28 heavy (non-hydrogen) atoms. The van der Waals surface area contributed by atoms with E-state index in [4.69, 9.17) is 16.3 Å². The summed E-state index contributed by atoms with van der Waals surface area (Å²) >= 11 is 6.20. The van der Waals surface area contributed by atoms with Crippen LogP contribution in [0.3, 0.4) is 0 Å². The fourth-order valence-corrected chi connectivity index (χ4v) is 4.62. The molecule has 0 radical (unpaired) electrons. The number of rotatable bonds is 5. The molecule has 1 spiro atoms. The fraction of sp³-hybridized carbons (Fsp3) is 0.435. The molecular formula is C23H27ClN2O2. The number of likely N-dealkylation sites (tertiary alicyclic amines) is 1. The predicted molar refractivity (Wildman–Crippen MR) is 113 cm³/mol. The number of carbonyl (C=O) groups excluding carboxylic acids is 1. The summed E-state index contributed by atoms with van der Waals surface area (Å²) in [5.74, 6) is 1.06. The van der Waals surface area contributed by atoms with Gasteiger partial charge >= 0.3 is 0 Å². The predicted octanol–water partition coefficient (Wildman–Crippen LogP) is 4.76. The molecule has 2 fully saturated rings. The number of carbonyl (C=O) groups is 1. The van der Waals surface area contributed by atoms with Gasteiger partial charge < -0.3 is 9.64 Å². The smallest absolute Gasteiger partial charge is 0.233 e. The Labute approximate surface area is 172 Å². The van der Waals surface area contributed by atoms with Gasteiger partial charge in [-0.3, -0.25) is 9.69 Å². The van der Waals surface area contributed by atoms with Crippen molar-refractivity contribution in [1.82, 2.24) is 4.90 Å². The van der Waals surface area contributed by atoms with Gasteiger partial charge in [0.05, 0.1) is 17.0 Å². The number of para-hydroxylation sites is 1. The topological polar surface area (TPSA) is 32.8 Å². The number of hydrogen-bond acceptors (Lipinski definition) is 3. The first-order chi connectivity index (χ1) is 13.6. The Kier molecular flexibility index (Phi) is 5.61. The SMILES string of the molecule is CCOc1cc(CN2CCC3(CC2)CCN(c2ccccc2)C3=O)ccc1Cl. The number of amides is 1. The van der Waals surface area contributed by atoms with E-state index in [1.165, 1.54) is 5.56 Å². The van der Waals surface area contributed by atoms with Crippen LogP contribution in [0, 0.1) is 5.41 Å². The average molecular weight is 399 g/mol. The van der Waals surface area contributed by atoms with Crippen molar-refractivity contribution in [1.29, 1.82) is 0 Å². The lowest BCUT2D eigenvalue weighted by Crippen LogP contribution is -2.44. The van der Waals surface area contributed by atoms with E-state index in [9.17, 15) is 4.79 Å². The number of nitrogens with zero attached hydrogens (tertiary/aromatic N) is 2. The second-order valence-corrected chi connectivity index (χ2v) is 8.20. The van der Waals surface area contributed by atoms with Gasteiger partial charge in [-0.1, -0.05) is 35.9 Å². The minimum atomic E-state index is -0.178. The Morgan fingerprint density at radius 1 is 1.04 bits per heavy atom. The van der Waals surface area contributed by atoms with E-state index in [1.807, 2.05) is 54.3 Å². The van der Waals surface area contributed by atoms with Gasteiger partial charge in [0.2, 0.25) is 5.91 Å². The maximum Gasteiger partial charge on any atom is 0.233 e. The molecule has 0 atom stereocenters. The van der Waals surface area contributed by atoms with Crippen molar-refractivity contribution < 1.29 is 9.53 Å². The molecule has 0 unspecified atom stereocenters. The summed E-state index contributed by atoms with van der Waals surface area (Å²) in [7, 11) is 0. The first kappa shape index (κ1) is 19.3. The monoisotopic (exact) mass is 398 g/mol. The number of hydrogen-bond donors (Lipinski definition) is 0. The lowest BCUT2D eigenvalue weighted by atomic mass is 9.77. The molecule has 1 amide bonds. The highest BCUT2D eigenvalue weighted by Gasteiger charge is 2.48. The third kappa shape index (κ3) is 3.76. The summed E-state index contributed by atoms with van der Waals surface area (Å²) < 4.78 is 5.61. The number of ether oxygens (including phenoxy) is 1. The number of piperidine rings is 1. The zero-order chi connectivity index (χ0) is 19.6. The molecule has 4 rings (SSSR count). The van der Waals surface area contributed by atoms with Crippen LogP contribution >= 0.6 is 11.6 Å². The average Bonchev–Trinajstić information content (AvgIpc) is 3.03. The van der Waals surface area contributed by atoms with Crippen LogP contribution < -0.4 is 9.64 Å². The van der Waals surface area contributed by atoms with Crippen LogP contribution in [0.4, 0.5) is 5.69 Å². The lowest BCUT2D eigenvalue weighted by molar-refractivity contribution is -0.128. The molecule has 0 bridgehead atoms. The zero-order valence-corrected chi connectivity index (χ0v) is 17.1. The Balaban J connectivity index is 1.39. The second kappa shape index (κ2) is 8.14. The maximum absolute atomic E-state index is 13.2. The van der Waals surface area contributed by atoms with Crippen molar-refractivity contribution in [3.63, 3.8) is 0 Å². The van der Waals surface area contributed by atoms with Gasteiger partial charge in [0, 0.05) is 18.8 Å².